The molecule has 3 heterocycles. The van der Waals surface area contributed by atoms with Crippen molar-refractivity contribution in [3.8, 4) is 11.7 Å². The van der Waals surface area contributed by atoms with Crippen molar-refractivity contribution >= 4 is 16.0 Å². The first kappa shape index (κ1) is 20.2. The molecule has 1 saturated heterocycles. The lowest BCUT2D eigenvalue weighted by atomic mass is 10.1. The molecular weight excluding hydrogens is 406 g/mol. The molecule has 158 valence electrons. The van der Waals surface area contributed by atoms with E-state index < -0.39 is 10.0 Å². The number of sulfonamides is 1. The third-order valence-corrected chi connectivity index (χ3v) is 6.22. The van der Waals surface area contributed by atoms with Crippen molar-refractivity contribution in [3.05, 3.63) is 48.5 Å². The predicted molar refractivity (Wildman–Crippen MR) is 110 cm³/mol. The van der Waals surface area contributed by atoms with Crippen molar-refractivity contribution in [1.29, 1.82) is 0 Å². The Hall–Kier alpha value is -3.05. The molecule has 1 aliphatic rings. The van der Waals surface area contributed by atoms with Crippen molar-refractivity contribution in [1.82, 2.24) is 29.5 Å². The van der Waals surface area contributed by atoms with Gasteiger partial charge in [0.05, 0.1) is 24.2 Å². The molecule has 0 atom stereocenters. The van der Waals surface area contributed by atoms with Crippen LogP contribution in [0, 0.1) is 0 Å². The lowest BCUT2D eigenvalue weighted by Gasteiger charge is -2.26. The quantitative estimate of drug-likeness (QED) is 0.601. The van der Waals surface area contributed by atoms with Crippen LogP contribution in [0.25, 0.3) is 5.69 Å². The van der Waals surface area contributed by atoms with Gasteiger partial charge in [-0.3, -0.25) is 0 Å². The molecule has 2 aromatic heterocycles. The lowest BCUT2D eigenvalue weighted by Crippen LogP contribution is -2.32. The van der Waals surface area contributed by atoms with Crippen LogP contribution in [-0.4, -0.2) is 53.3 Å². The van der Waals surface area contributed by atoms with Crippen molar-refractivity contribution < 1.29 is 13.2 Å². The van der Waals surface area contributed by atoms with Gasteiger partial charge in [0, 0.05) is 25.5 Å². The first-order valence-corrected chi connectivity index (χ1v) is 11.2. The van der Waals surface area contributed by atoms with Crippen LogP contribution in [-0.2, 0) is 16.6 Å². The molecule has 11 heteroatoms. The minimum Gasteiger partial charge on any atom is -0.467 e. The van der Waals surface area contributed by atoms with E-state index in [-0.39, 0.29) is 17.5 Å². The molecule has 0 saturated carbocycles. The number of anilines is 1. The van der Waals surface area contributed by atoms with Crippen LogP contribution in [0.1, 0.15) is 25.1 Å². The van der Waals surface area contributed by atoms with Gasteiger partial charge in [0.25, 0.3) is 0 Å². The zero-order valence-electron chi connectivity index (χ0n) is 16.6. The molecule has 1 fully saturated rings. The monoisotopic (exact) mass is 429 g/mol. The van der Waals surface area contributed by atoms with E-state index in [1.165, 1.54) is 25.7 Å². The summed E-state index contributed by atoms with van der Waals surface area (Å²) in [6.45, 7) is 1.66. The fraction of sp³-hybridized carbons (Fsp3) is 0.368. The van der Waals surface area contributed by atoms with Crippen LogP contribution in [0.2, 0.25) is 0 Å². The summed E-state index contributed by atoms with van der Waals surface area (Å²) in [6.07, 6.45) is 6.78. The van der Waals surface area contributed by atoms with E-state index in [2.05, 4.69) is 29.7 Å². The first-order chi connectivity index (χ1) is 14.5. The van der Waals surface area contributed by atoms with Crippen LogP contribution in [0.4, 0.5) is 5.95 Å². The normalized spacial score (nSPS) is 14.6. The second kappa shape index (κ2) is 8.76. The molecule has 1 N–H and O–H groups in total. The Kier molecular flexibility index (Phi) is 5.91. The van der Waals surface area contributed by atoms with Gasteiger partial charge in [0.15, 0.2) is 5.82 Å². The van der Waals surface area contributed by atoms with Crippen LogP contribution in [0.15, 0.2) is 47.6 Å². The Bertz CT molecular complexity index is 1080. The molecule has 10 nitrogen and oxygen atoms in total. The fourth-order valence-corrected chi connectivity index (χ4v) is 4.21. The van der Waals surface area contributed by atoms with E-state index in [1.54, 1.807) is 35.3 Å². The van der Waals surface area contributed by atoms with Gasteiger partial charge >= 0.3 is 6.01 Å². The smallest absolute Gasteiger partial charge is 0.321 e. The van der Waals surface area contributed by atoms with E-state index in [1.807, 2.05) is 0 Å². The molecule has 0 aliphatic carbocycles. The Morgan fingerprint density at radius 3 is 2.50 bits per heavy atom. The molecule has 3 aromatic rings. The maximum Gasteiger partial charge on any atom is 0.321 e. The Labute approximate surface area is 175 Å². The average molecular weight is 430 g/mol. The summed E-state index contributed by atoms with van der Waals surface area (Å²) in [7, 11) is -2.26. The molecule has 0 amide bonds. The van der Waals surface area contributed by atoms with Gasteiger partial charge in [0.2, 0.25) is 16.0 Å². The zero-order chi connectivity index (χ0) is 21.0. The minimum absolute atomic E-state index is 0.0665. The molecule has 4 rings (SSSR count). The first-order valence-electron chi connectivity index (χ1n) is 9.69. The molecular formula is C19H23N7O3S. The zero-order valence-corrected chi connectivity index (χ0v) is 17.4. The fourth-order valence-electron chi connectivity index (χ4n) is 3.23. The van der Waals surface area contributed by atoms with Gasteiger partial charge in [-0.25, -0.2) is 17.8 Å². The molecule has 30 heavy (non-hydrogen) atoms. The number of aromatic nitrogens is 5. The number of methoxy groups -OCH3 is 1. The third-order valence-electron chi connectivity index (χ3n) is 4.81. The molecule has 0 radical (unpaired) electrons. The lowest BCUT2D eigenvalue weighted by molar-refractivity contribution is 0.374. The summed E-state index contributed by atoms with van der Waals surface area (Å²) in [5, 5.41) is 4.13. The van der Waals surface area contributed by atoms with E-state index >= 15 is 0 Å². The summed E-state index contributed by atoms with van der Waals surface area (Å²) < 4.78 is 34.8. The standard InChI is InChI=1S/C19H23N7O3S/c1-29-19-23-17(22-18(24-19)25-11-3-2-4-12-25)14-21-30(27,28)16-8-6-15(7-9-16)26-13-5-10-20-26/h5-10,13,21H,2-4,11-12,14H2,1H3. The second-order valence-corrected chi connectivity index (χ2v) is 8.62. The van der Waals surface area contributed by atoms with E-state index in [4.69, 9.17) is 4.74 Å². The second-order valence-electron chi connectivity index (χ2n) is 6.86. The Balaban J connectivity index is 1.49. The van der Waals surface area contributed by atoms with Gasteiger partial charge in [-0.15, -0.1) is 0 Å². The minimum atomic E-state index is -3.74. The van der Waals surface area contributed by atoms with Gasteiger partial charge in [-0.2, -0.15) is 20.1 Å². The number of hydrogen-bond donors (Lipinski definition) is 1. The molecule has 0 unspecified atom stereocenters. The van der Waals surface area contributed by atoms with Gasteiger partial charge in [-0.05, 0) is 49.6 Å². The topological polar surface area (TPSA) is 115 Å². The van der Waals surface area contributed by atoms with Crippen molar-refractivity contribution in [3.63, 3.8) is 0 Å². The maximum absolute atomic E-state index is 12.7. The van der Waals surface area contributed by atoms with E-state index in [0.29, 0.717) is 11.8 Å². The number of hydrogen-bond acceptors (Lipinski definition) is 8. The number of rotatable bonds is 7. The number of nitrogens with one attached hydrogen (secondary N) is 1. The highest BCUT2D eigenvalue weighted by molar-refractivity contribution is 7.89. The summed E-state index contributed by atoms with van der Waals surface area (Å²) in [5.74, 6) is 0.818. The number of benzene rings is 1. The van der Waals surface area contributed by atoms with Crippen LogP contribution >= 0.6 is 0 Å². The van der Waals surface area contributed by atoms with E-state index in [0.717, 1.165) is 31.6 Å². The highest BCUT2D eigenvalue weighted by Crippen LogP contribution is 2.18. The van der Waals surface area contributed by atoms with Gasteiger partial charge < -0.3 is 9.64 Å². The average Bonchev–Trinajstić information content (AvgIpc) is 3.33. The van der Waals surface area contributed by atoms with Gasteiger partial charge in [-0.1, -0.05) is 0 Å². The summed E-state index contributed by atoms with van der Waals surface area (Å²) >= 11 is 0. The predicted octanol–water partition coefficient (Wildman–Crippen LogP) is 1.53. The van der Waals surface area contributed by atoms with Crippen LogP contribution in [0.3, 0.4) is 0 Å². The number of nitrogens with zero attached hydrogens (tertiary/aromatic N) is 6. The molecule has 1 aromatic carbocycles. The Morgan fingerprint density at radius 1 is 1.07 bits per heavy atom. The third kappa shape index (κ3) is 4.57. The highest BCUT2D eigenvalue weighted by Gasteiger charge is 2.19. The maximum atomic E-state index is 12.7. The SMILES string of the molecule is COc1nc(CNS(=O)(=O)c2ccc(-n3cccn3)cc2)nc(N2CCCCC2)n1. The highest BCUT2D eigenvalue weighted by atomic mass is 32.2. The molecule has 0 bridgehead atoms. The van der Waals surface area contributed by atoms with Crippen molar-refractivity contribution in [2.75, 3.05) is 25.1 Å². The van der Waals surface area contributed by atoms with Crippen LogP contribution in [0.5, 0.6) is 6.01 Å². The summed E-state index contributed by atoms with van der Waals surface area (Å²) in [4.78, 5) is 15.1. The van der Waals surface area contributed by atoms with Crippen LogP contribution < -0.4 is 14.4 Å². The summed E-state index contributed by atoms with van der Waals surface area (Å²) in [6, 6.07) is 8.43. The number of ether oxygens (including phenoxy) is 1. The van der Waals surface area contributed by atoms with Crippen molar-refractivity contribution in [2.24, 2.45) is 0 Å². The number of piperidine rings is 1. The largest absolute Gasteiger partial charge is 0.467 e. The van der Waals surface area contributed by atoms with E-state index in [9.17, 15) is 8.42 Å². The molecule has 1 aliphatic heterocycles. The summed E-state index contributed by atoms with van der Waals surface area (Å²) in [5.41, 5.74) is 0.771. The van der Waals surface area contributed by atoms with Gasteiger partial charge in [0.1, 0.15) is 0 Å². The van der Waals surface area contributed by atoms with Crippen molar-refractivity contribution in [2.45, 2.75) is 30.7 Å². The Morgan fingerprint density at radius 2 is 1.83 bits per heavy atom. The molecule has 0 spiro atoms.